The molecule has 0 spiro atoms. The third-order valence-corrected chi connectivity index (χ3v) is 4.06. The Labute approximate surface area is 142 Å². The van der Waals surface area contributed by atoms with E-state index in [0.29, 0.717) is 16.8 Å². The minimum atomic E-state index is -0.273. The summed E-state index contributed by atoms with van der Waals surface area (Å²) in [6, 6.07) is 16.1. The van der Waals surface area contributed by atoms with Gasteiger partial charge in [-0.2, -0.15) is 0 Å². The van der Waals surface area contributed by atoms with Gasteiger partial charge in [-0.05, 0) is 36.4 Å². The van der Waals surface area contributed by atoms with Crippen molar-refractivity contribution in [3.05, 3.63) is 77.8 Å². The maximum absolute atomic E-state index is 13.0. The highest BCUT2D eigenvalue weighted by molar-refractivity contribution is 6.09. The molecule has 1 N–H and O–H groups in total. The quantitative estimate of drug-likeness (QED) is 0.462. The van der Waals surface area contributed by atoms with Crippen molar-refractivity contribution in [2.45, 2.75) is 0 Å². The molecule has 4 rings (SSSR count). The second-order valence-electron chi connectivity index (χ2n) is 5.50. The van der Waals surface area contributed by atoms with Crippen LogP contribution < -0.4 is 10.4 Å². The van der Waals surface area contributed by atoms with E-state index in [-0.39, 0.29) is 17.2 Å². The maximum Gasteiger partial charge on any atom is 0.228 e. The molecule has 2 heterocycles. The highest BCUT2D eigenvalue weighted by atomic mass is 16.5. The normalized spacial score (nSPS) is 10.9. The van der Waals surface area contributed by atoms with E-state index in [1.807, 2.05) is 24.3 Å². The summed E-state index contributed by atoms with van der Waals surface area (Å²) in [7, 11) is 1.57. The number of benzene rings is 2. The molecule has 6 nitrogen and oxygen atoms in total. The number of ketones is 1. The number of nitrogens with one attached hydrogen (secondary N) is 1. The summed E-state index contributed by atoms with van der Waals surface area (Å²) in [4.78, 5) is 21.5. The van der Waals surface area contributed by atoms with Crippen molar-refractivity contribution in [2.24, 2.45) is 0 Å². The first-order valence-electron chi connectivity index (χ1n) is 7.69. The molecule has 2 aromatic carbocycles. The molecule has 0 unspecified atom stereocenters. The van der Waals surface area contributed by atoms with E-state index in [2.05, 4.69) is 9.97 Å². The smallest absolute Gasteiger partial charge is 0.228 e. The van der Waals surface area contributed by atoms with Crippen LogP contribution in [0.5, 0.6) is 5.75 Å². The van der Waals surface area contributed by atoms with Gasteiger partial charge in [0.2, 0.25) is 11.4 Å². The van der Waals surface area contributed by atoms with E-state index >= 15 is 0 Å². The lowest BCUT2D eigenvalue weighted by Crippen LogP contribution is -2.24. The number of hydrogen-bond donors (Lipinski definition) is 1. The third-order valence-electron chi connectivity index (χ3n) is 4.06. The fraction of sp³-hybridized carbons (Fsp3) is 0.0526. The van der Waals surface area contributed by atoms with Crippen LogP contribution in [-0.2, 0) is 0 Å². The van der Waals surface area contributed by atoms with E-state index in [1.54, 1.807) is 43.6 Å². The zero-order valence-corrected chi connectivity index (χ0v) is 13.4. The highest BCUT2D eigenvalue weighted by Gasteiger charge is 2.17. The summed E-state index contributed by atoms with van der Waals surface area (Å²) in [6.45, 7) is 0. The lowest BCUT2D eigenvalue weighted by molar-refractivity contribution is 0.102. The molecule has 0 aliphatic carbocycles. The van der Waals surface area contributed by atoms with Crippen LogP contribution in [-0.4, -0.2) is 27.3 Å². The number of para-hydroxylation sites is 1. The Balaban J connectivity index is 2.01. The van der Waals surface area contributed by atoms with E-state index in [1.165, 1.54) is 4.40 Å². The van der Waals surface area contributed by atoms with Gasteiger partial charge in [-0.25, -0.2) is 9.97 Å². The van der Waals surface area contributed by atoms with Crippen LogP contribution in [0.4, 0.5) is 0 Å². The zero-order valence-electron chi connectivity index (χ0n) is 13.4. The van der Waals surface area contributed by atoms with Crippen LogP contribution in [0.2, 0.25) is 0 Å². The summed E-state index contributed by atoms with van der Waals surface area (Å²) in [5.41, 5.74) is 1.86. The number of carbonyl (C=O) groups excluding carboxylic acids is 1. The molecule has 6 heteroatoms. The lowest BCUT2D eigenvalue weighted by atomic mass is 10.1. The molecular formula is C19H14N4O2. The van der Waals surface area contributed by atoms with Crippen LogP contribution in [0, 0.1) is 5.41 Å². The van der Waals surface area contributed by atoms with Crippen molar-refractivity contribution >= 4 is 22.2 Å². The second kappa shape index (κ2) is 5.83. The van der Waals surface area contributed by atoms with Crippen molar-refractivity contribution in [3.63, 3.8) is 0 Å². The Kier molecular flexibility index (Phi) is 3.50. The highest BCUT2D eigenvalue weighted by Crippen LogP contribution is 2.20. The second-order valence-corrected chi connectivity index (χ2v) is 5.50. The monoisotopic (exact) mass is 330 g/mol. The van der Waals surface area contributed by atoms with Crippen molar-refractivity contribution in [1.82, 2.24) is 14.4 Å². The molecule has 0 aliphatic heterocycles. The van der Waals surface area contributed by atoms with Crippen molar-refractivity contribution in [3.8, 4) is 5.75 Å². The summed E-state index contributed by atoms with van der Waals surface area (Å²) < 4.78 is 6.61. The molecule has 0 atom stereocenters. The van der Waals surface area contributed by atoms with E-state index in [4.69, 9.17) is 10.1 Å². The molecule has 0 radical (unpaired) electrons. The van der Waals surface area contributed by atoms with Gasteiger partial charge in [-0.1, -0.05) is 18.2 Å². The first kappa shape index (κ1) is 15.0. The van der Waals surface area contributed by atoms with E-state index in [0.717, 1.165) is 10.9 Å². The lowest BCUT2D eigenvalue weighted by Gasteiger charge is -2.11. The van der Waals surface area contributed by atoms with Gasteiger partial charge in [-0.3, -0.25) is 14.6 Å². The minimum Gasteiger partial charge on any atom is -0.497 e. The molecule has 0 saturated heterocycles. The number of methoxy groups -OCH3 is 1. The number of hydrogen-bond acceptors (Lipinski definition) is 5. The van der Waals surface area contributed by atoms with Crippen molar-refractivity contribution in [1.29, 1.82) is 5.41 Å². The summed E-state index contributed by atoms with van der Waals surface area (Å²) >= 11 is 0. The average Bonchev–Trinajstić information content (AvgIpc) is 2.67. The molecule has 4 aromatic rings. The van der Waals surface area contributed by atoms with Gasteiger partial charge in [0.1, 0.15) is 5.75 Å². The van der Waals surface area contributed by atoms with Crippen LogP contribution in [0.25, 0.3) is 16.4 Å². The van der Waals surface area contributed by atoms with Gasteiger partial charge >= 0.3 is 0 Å². The van der Waals surface area contributed by atoms with Crippen LogP contribution in [0.1, 0.15) is 16.2 Å². The molecule has 0 fully saturated rings. The van der Waals surface area contributed by atoms with Gasteiger partial charge in [-0.15, -0.1) is 0 Å². The Bertz CT molecular complexity index is 1160. The Morgan fingerprint density at radius 2 is 1.84 bits per heavy atom. The predicted octanol–water partition coefficient (Wildman–Crippen LogP) is 2.60. The van der Waals surface area contributed by atoms with Crippen LogP contribution in [0.15, 0.2) is 60.8 Å². The maximum atomic E-state index is 13.0. The Hall–Kier alpha value is -3.54. The summed E-state index contributed by atoms with van der Waals surface area (Å²) in [6.07, 6.45) is 1.56. The SMILES string of the molecule is COc1ccc(C(=O)c2nc3ccccc3c3ccnc(=N)n23)cc1. The number of rotatable bonds is 3. The van der Waals surface area contributed by atoms with Crippen LogP contribution >= 0.6 is 0 Å². The van der Waals surface area contributed by atoms with Gasteiger partial charge in [0.05, 0.1) is 18.1 Å². The average molecular weight is 330 g/mol. The molecule has 0 saturated carbocycles. The van der Waals surface area contributed by atoms with E-state index < -0.39 is 0 Å². The van der Waals surface area contributed by atoms with Crippen LogP contribution in [0.3, 0.4) is 0 Å². The van der Waals surface area contributed by atoms with Crippen molar-refractivity contribution in [2.75, 3.05) is 7.11 Å². The van der Waals surface area contributed by atoms with Gasteiger partial charge in [0.15, 0.2) is 5.82 Å². The number of nitrogens with zero attached hydrogens (tertiary/aromatic N) is 3. The molecule has 0 aliphatic rings. The predicted molar refractivity (Wildman–Crippen MR) is 92.8 cm³/mol. The number of ether oxygens (including phenoxy) is 1. The molecule has 25 heavy (non-hydrogen) atoms. The summed E-state index contributed by atoms with van der Waals surface area (Å²) in [5.74, 6) is 0.560. The van der Waals surface area contributed by atoms with Gasteiger partial charge in [0, 0.05) is 17.1 Å². The molecule has 0 amide bonds. The number of fused-ring (bicyclic) bond motifs is 3. The number of aromatic nitrogens is 3. The molecule has 122 valence electrons. The molecule has 0 bridgehead atoms. The Morgan fingerprint density at radius 3 is 2.60 bits per heavy atom. The van der Waals surface area contributed by atoms with Gasteiger partial charge in [0.25, 0.3) is 0 Å². The first-order chi connectivity index (χ1) is 12.2. The summed E-state index contributed by atoms with van der Waals surface area (Å²) in [5, 5.41) is 9.00. The fourth-order valence-corrected chi connectivity index (χ4v) is 2.83. The topological polar surface area (TPSA) is 80.3 Å². The first-order valence-corrected chi connectivity index (χ1v) is 7.69. The van der Waals surface area contributed by atoms with Gasteiger partial charge < -0.3 is 4.74 Å². The molecular weight excluding hydrogens is 316 g/mol. The van der Waals surface area contributed by atoms with Crippen molar-refractivity contribution < 1.29 is 9.53 Å². The minimum absolute atomic E-state index is 0.0346. The largest absolute Gasteiger partial charge is 0.497 e. The molecule has 2 aromatic heterocycles. The van der Waals surface area contributed by atoms with E-state index in [9.17, 15) is 4.79 Å². The number of carbonyl (C=O) groups is 1. The third kappa shape index (κ3) is 2.44. The standard InChI is InChI=1S/C19H14N4O2/c1-25-13-8-6-12(7-9-13)17(24)18-22-15-5-3-2-4-14(15)16-10-11-21-19(20)23(16)18/h2-11,20H,1H3. The zero-order chi connectivity index (χ0) is 17.4. The Morgan fingerprint density at radius 1 is 1.08 bits per heavy atom. The fourth-order valence-electron chi connectivity index (χ4n) is 2.83.